The van der Waals surface area contributed by atoms with E-state index in [1.165, 1.54) is 5.56 Å². The number of aromatic hydroxyl groups is 1. The van der Waals surface area contributed by atoms with Crippen molar-refractivity contribution >= 4 is 17.7 Å². The number of nitrogens with two attached hydrogens (primary N) is 1. The highest BCUT2D eigenvalue weighted by Crippen LogP contribution is 2.23. The number of hydrogen-bond donors (Lipinski definition) is 3. The minimum absolute atomic E-state index is 0.0648. The molecule has 2 heterocycles. The van der Waals surface area contributed by atoms with Crippen molar-refractivity contribution in [1.29, 1.82) is 0 Å². The first-order valence-corrected chi connectivity index (χ1v) is 9.30. The van der Waals surface area contributed by atoms with Crippen LogP contribution in [0.15, 0.2) is 29.1 Å². The molecule has 0 unspecified atom stereocenters. The van der Waals surface area contributed by atoms with E-state index < -0.39 is 17.7 Å². The molecule has 1 aromatic heterocycles. The monoisotopic (exact) mass is 394 g/mol. The third-order valence-corrected chi connectivity index (χ3v) is 5.16. The third-order valence-electron chi connectivity index (χ3n) is 4.91. The lowest BCUT2D eigenvalue weighted by Gasteiger charge is -2.31. The van der Waals surface area contributed by atoms with Gasteiger partial charge >= 0.3 is 11.8 Å². The molecule has 0 saturated carbocycles. The van der Waals surface area contributed by atoms with Gasteiger partial charge < -0.3 is 25.6 Å². The zero-order valence-electron chi connectivity index (χ0n) is 14.9. The van der Waals surface area contributed by atoms with E-state index in [9.17, 15) is 14.7 Å². The van der Waals surface area contributed by atoms with Crippen LogP contribution < -0.4 is 16.3 Å². The van der Waals surface area contributed by atoms with E-state index in [4.69, 9.17) is 22.2 Å². The Morgan fingerprint density at radius 3 is 2.56 bits per heavy atom. The van der Waals surface area contributed by atoms with Crippen molar-refractivity contribution in [3.8, 4) is 5.88 Å². The standard InChI is InChI=1S/C18H23ClN4O4/c19-14-5-3-12(4-6-14)1-2-13-7-9-22(10-8-13)18(26)27-23-16(24)15(11-20)21-17(23)25/h3-6,13,24H,1-2,7-11,20H2,(H,21,25). The predicted molar refractivity (Wildman–Crippen MR) is 101 cm³/mol. The number of carbonyl (C=O) groups is 1. The molecule has 8 nitrogen and oxygen atoms in total. The van der Waals surface area contributed by atoms with Crippen LogP contribution in [0.2, 0.25) is 5.02 Å². The zero-order chi connectivity index (χ0) is 19.4. The summed E-state index contributed by atoms with van der Waals surface area (Å²) in [5.41, 5.74) is 6.03. The van der Waals surface area contributed by atoms with Crippen LogP contribution in [0.4, 0.5) is 4.79 Å². The molecule has 1 amide bonds. The molecule has 3 rings (SSSR count). The molecular weight excluding hydrogens is 372 g/mol. The van der Waals surface area contributed by atoms with Gasteiger partial charge in [0.15, 0.2) is 0 Å². The van der Waals surface area contributed by atoms with Crippen LogP contribution in [0.3, 0.4) is 0 Å². The number of likely N-dealkylation sites (tertiary alicyclic amines) is 1. The lowest BCUT2D eigenvalue weighted by molar-refractivity contribution is 0.0678. The number of aromatic nitrogens is 2. The average Bonchev–Trinajstić information content (AvgIpc) is 2.95. The van der Waals surface area contributed by atoms with Crippen molar-refractivity contribution in [3.63, 3.8) is 0 Å². The average molecular weight is 395 g/mol. The van der Waals surface area contributed by atoms with Gasteiger partial charge in [-0.3, -0.25) is 0 Å². The number of nitrogens with one attached hydrogen (secondary N) is 1. The highest BCUT2D eigenvalue weighted by molar-refractivity contribution is 6.30. The molecule has 27 heavy (non-hydrogen) atoms. The van der Waals surface area contributed by atoms with Crippen LogP contribution in [0.1, 0.15) is 30.5 Å². The number of aromatic amines is 1. The van der Waals surface area contributed by atoms with E-state index in [0.29, 0.717) is 23.7 Å². The van der Waals surface area contributed by atoms with Crippen LogP contribution >= 0.6 is 11.6 Å². The van der Waals surface area contributed by atoms with Gasteiger partial charge in [-0.05, 0) is 49.3 Å². The van der Waals surface area contributed by atoms with E-state index in [2.05, 4.69) is 4.98 Å². The maximum Gasteiger partial charge on any atom is 0.434 e. The van der Waals surface area contributed by atoms with E-state index in [1.54, 1.807) is 4.90 Å². The Morgan fingerprint density at radius 2 is 1.96 bits per heavy atom. The molecule has 9 heteroatoms. The Hall–Kier alpha value is -2.45. The number of amides is 1. The topological polar surface area (TPSA) is 114 Å². The molecule has 4 N–H and O–H groups in total. The molecule has 0 atom stereocenters. The fraction of sp³-hybridized carbons (Fsp3) is 0.444. The second kappa shape index (κ2) is 8.49. The number of carbonyl (C=O) groups excluding carboxylic acids is 1. The first-order chi connectivity index (χ1) is 13.0. The number of halogens is 1. The third kappa shape index (κ3) is 4.64. The van der Waals surface area contributed by atoms with Crippen LogP contribution in [0.5, 0.6) is 5.88 Å². The minimum atomic E-state index is -0.737. The maximum atomic E-state index is 12.3. The lowest BCUT2D eigenvalue weighted by atomic mass is 9.91. The first kappa shape index (κ1) is 19.3. The zero-order valence-corrected chi connectivity index (χ0v) is 15.6. The highest BCUT2D eigenvalue weighted by atomic mass is 35.5. The van der Waals surface area contributed by atoms with E-state index in [1.807, 2.05) is 24.3 Å². The molecule has 1 aliphatic rings. The normalized spacial score (nSPS) is 15.1. The summed E-state index contributed by atoms with van der Waals surface area (Å²) in [6.45, 7) is 1.03. The van der Waals surface area contributed by atoms with E-state index >= 15 is 0 Å². The summed E-state index contributed by atoms with van der Waals surface area (Å²) in [6, 6.07) is 7.85. The molecule has 146 valence electrons. The largest absolute Gasteiger partial charge is 0.491 e. The second-order valence-electron chi connectivity index (χ2n) is 6.68. The summed E-state index contributed by atoms with van der Waals surface area (Å²) >= 11 is 5.90. The van der Waals surface area contributed by atoms with Gasteiger partial charge in [-0.25, -0.2) is 9.59 Å². The van der Waals surface area contributed by atoms with Crippen molar-refractivity contribution in [1.82, 2.24) is 14.6 Å². The number of imidazole rings is 1. The van der Waals surface area contributed by atoms with Crippen molar-refractivity contribution in [3.05, 3.63) is 51.0 Å². The molecule has 0 radical (unpaired) electrons. The molecule has 1 aliphatic heterocycles. The van der Waals surface area contributed by atoms with Crippen molar-refractivity contribution in [2.45, 2.75) is 32.2 Å². The number of nitrogens with zero attached hydrogens (tertiary/aromatic N) is 2. The molecular formula is C18H23ClN4O4. The Balaban J connectivity index is 1.48. The van der Waals surface area contributed by atoms with Gasteiger partial charge in [-0.15, -0.1) is 0 Å². The molecule has 0 aliphatic carbocycles. The van der Waals surface area contributed by atoms with Crippen LogP contribution in [-0.4, -0.2) is 38.9 Å². The van der Waals surface area contributed by atoms with Gasteiger partial charge in [0.2, 0.25) is 0 Å². The minimum Gasteiger partial charge on any atom is -0.491 e. The number of aryl methyl sites for hydroxylation is 1. The Bertz CT molecular complexity index is 838. The molecule has 2 aromatic rings. The Kier molecular flexibility index (Phi) is 6.08. The van der Waals surface area contributed by atoms with Crippen molar-refractivity contribution < 1.29 is 14.7 Å². The molecule has 1 aromatic carbocycles. The summed E-state index contributed by atoms with van der Waals surface area (Å²) in [5, 5.41) is 10.6. The quantitative estimate of drug-likeness (QED) is 0.716. The molecule has 0 bridgehead atoms. The Labute approximate surface area is 161 Å². The number of piperidine rings is 1. The fourth-order valence-electron chi connectivity index (χ4n) is 3.24. The SMILES string of the molecule is NCc1[nH]c(=O)n(OC(=O)N2CCC(CCc3ccc(Cl)cc3)CC2)c1O. The van der Waals surface area contributed by atoms with Gasteiger partial charge in [0.05, 0.1) is 5.69 Å². The van der Waals surface area contributed by atoms with E-state index in [-0.39, 0.29) is 12.2 Å². The van der Waals surface area contributed by atoms with E-state index in [0.717, 1.165) is 30.7 Å². The number of rotatable bonds is 5. The number of H-pyrrole nitrogens is 1. The van der Waals surface area contributed by atoms with Crippen LogP contribution in [-0.2, 0) is 13.0 Å². The molecule has 1 saturated heterocycles. The number of benzene rings is 1. The van der Waals surface area contributed by atoms with Crippen molar-refractivity contribution in [2.75, 3.05) is 13.1 Å². The highest BCUT2D eigenvalue weighted by Gasteiger charge is 2.26. The van der Waals surface area contributed by atoms with Gasteiger partial charge in [0.1, 0.15) is 0 Å². The van der Waals surface area contributed by atoms with Crippen LogP contribution in [0, 0.1) is 5.92 Å². The maximum absolute atomic E-state index is 12.3. The summed E-state index contributed by atoms with van der Waals surface area (Å²) in [6.07, 6.45) is 3.09. The number of hydrogen-bond acceptors (Lipinski definition) is 5. The van der Waals surface area contributed by atoms with Gasteiger partial charge in [0, 0.05) is 24.7 Å². The van der Waals surface area contributed by atoms with Gasteiger partial charge in [-0.1, -0.05) is 28.5 Å². The van der Waals surface area contributed by atoms with Gasteiger partial charge in [0.25, 0.3) is 5.88 Å². The lowest BCUT2D eigenvalue weighted by Crippen LogP contribution is -2.44. The van der Waals surface area contributed by atoms with Crippen LogP contribution in [0.25, 0.3) is 0 Å². The summed E-state index contributed by atoms with van der Waals surface area (Å²) in [5.74, 6) is 0.0469. The van der Waals surface area contributed by atoms with Crippen molar-refractivity contribution in [2.24, 2.45) is 11.7 Å². The van der Waals surface area contributed by atoms with Gasteiger partial charge in [-0.2, -0.15) is 0 Å². The summed E-state index contributed by atoms with van der Waals surface area (Å²) in [4.78, 5) is 32.9. The molecule has 0 spiro atoms. The molecule has 1 fully saturated rings. The first-order valence-electron chi connectivity index (χ1n) is 8.92. The summed E-state index contributed by atoms with van der Waals surface area (Å²) in [7, 11) is 0. The fourth-order valence-corrected chi connectivity index (χ4v) is 3.37. The second-order valence-corrected chi connectivity index (χ2v) is 7.12. The Morgan fingerprint density at radius 1 is 1.30 bits per heavy atom. The smallest absolute Gasteiger partial charge is 0.434 e. The summed E-state index contributed by atoms with van der Waals surface area (Å²) < 4.78 is 0.539. The predicted octanol–water partition coefficient (Wildman–Crippen LogP) is 1.89.